The molecule has 0 aliphatic carbocycles. The Hall–Kier alpha value is -0.380. The van der Waals surface area contributed by atoms with Crippen LogP contribution in [-0.2, 0) is 6.61 Å². The second-order valence-corrected chi connectivity index (χ2v) is 5.98. The lowest BCUT2D eigenvalue weighted by Gasteiger charge is -2.33. The zero-order valence-electron chi connectivity index (χ0n) is 9.32. The van der Waals surface area contributed by atoms with Gasteiger partial charge in [0.05, 0.1) is 6.61 Å². The van der Waals surface area contributed by atoms with E-state index in [9.17, 15) is 5.11 Å². The number of halogens is 1. The van der Waals surface area contributed by atoms with Gasteiger partial charge >= 0.3 is 0 Å². The fourth-order valence-corrected chi connectivity index (χ4v) is 3.28. The van der Waals surface area contributed by atoms with E-state index < -0.39 is 0 Å². The fourth-order valence-electron chi connectivity index (χ4n) is 2.04. The molecule has 2 nitrogen and oxygen atoms in total. The Labute approximate surface area is 106 Å². The monoisotopic (exact) mass is 257 g/mol. The van der Waals surface area contributed by atoms with Gasteiger partial charge in [-0.15, -0.1) is 0 Å². The number of hydrogen-bond donors (Lipinski definition) is 1. The quantitative estimate of drug-likeness (QED) is 0.881. The lowest BCUT2D eigenvalue weighted by atomic mass is 10.1. The lowest BCUT2D eigenvalue weighted by Crippen LogP contribution is -2.37. The van der Waals surface area contributed by atoms with Gasteiger partial charge in [-0.2, -0.15) is 11.8 Å². The third-order valence-corrected chi connectivity index (χ3v) is 4.32. The van der Waals surface area contributed by atoms with Gasteiger partial charge in [-0.3, -0.25) is 0 Å². The normalized spacial score (nSPS) is 21.2. The molecule has 0 spiro atoms. The van der Waals surface area contributed by atoms with Gasteiger partial charge in [-0.25, -0.2) is 0 Å². The highest BCUT2D eigenvalue weighted by molar-refractivity contribution is 8.00. The molecule has 1 fully saturated rings. The standard InChI is InChI=1S/C12H16ClNOS/c1-9-7-14(5-6-16-9)12-4-2-3-11(13)10(12)8-15/h2-4,9,15H,5-8H2,1H3. The Bertz CT molecular complexity index is 372. The van der Waals surface area contributed by atoms with E-state index in [-0.39, 0.29) is 6.61 Å². The van der Waals surface area contributed by atoms with Crippen molar-refractivity contribution in [2.45, 2.75) is 18.8 Å². The number of anilines is 1. The topological polar surface area (TPSA) is 23.5 Å². The molecule has 0 amide bonds. The van der Waals surface area contributed by atoms with Crippen molar-refractivity contribution in [1.82, 2.24) is 0 Å². The van der Waals surface area contributed by atoms with Gasteiger partial charge in [-0.1, -0.05) is 24.6 Å². The van der Waals surface area contributed by atoms with Crippen molar-refractivity contribution in [1.29, 1.82) is 0 Å². The van der Waals surface area contributed by atoms with E-state index in [1.54, 1.807) is 0 Å². The zero-order chi connectivity index (χ0) is 11.5. The first-order valence-electron chi connectivity index (χ1n) is 5.47. The number of rotatable bonds is 2. The van der Waals surface area contributed by atoms with Gasteiger partial charge < -0.3 is 10.0 Å². The van der Waals surface area contributed by atoms with Crippen molar-refractivity contribution in [2.24, 2.45) is 0 Å². The summed E-state index contributed by atoms with van der Waals surface area (Å²) in [5.74, 6) is 1.14. The summed E-state index contributed by atoms with van der Waals surface area (Å²) in [4.78, 5) is 2.32. The largest absolute Gasteiger partial charge is 0.392 e. The maximum absolute atomic E-state index is 9.38. The van der Waals surface area contributed by atoms with E-state index >= 15 is 0 Å². The average Bonchev–Trinajstić information content (AvgIpc) is 2.28. The molecule has 1 N–H and O–H groups in total. The number of aliphatic hydroxyl groups is 1. The van der Waals surface area contributed by atoms with Crippen molar-refractivity contribution in [3.8, 4) is 0 Å². The SMILES string of the molecule is CC1CN(c2cccc(Cl)c2CO)CCS1. The number of benzene rings is 1. The molecule has 1 aliphatic rings. The highest BCUT2D eigenvalue weighted by Gasteiger charge is 2.19. The maximum atomic E-state index is 9.38. The molecular weight excluding hydrogens is 242 g/mol. The molecule has 0 bridgehead atoms. The molecule has 1 saturated heterocycles. The van der Waals surface area contributed by atoms with E-state index in [1.165, 1.54) is 0 Å². The van der Waals surface area contributed by atoms with Gasteiger partial charge in [-0.05, 0) is 12.1 Å². The first-order chi connectivity index (χ1) is 7.72. The van der Waals surface area contributed by atoms with Crippen LogP contribution in [0.5, 0.6) is 0 Å². The highest BCUT2D eigenvalue weighted by atomic mass is 35.5. The van der Waals surface area contributed by atoms with Gasteiger partial charge in [0.1, 0.15) is 0 Å². The van der Waals surface area contributed by atoms with Crippen molar-refractivity contribution < 1.29 is 5.11 Å². The van der Waals surface area contributed by atoms with Crippen LogP contribution in [0.2, 0.25) is 5.02 Å². The van der Waals surface area contributed by atoms with Gasteiger partial charge in [0, 0.05) is 40.4 Å². The Morgan fingerprint density at radius 1 is 1.56 bits per heavy atom. The molecule has 16 heavy (non-hydrogen) atoms. The first kappa shape index (κ1) is 12.1. The minimum Gasteiger partial charge on any atom is -0.392 e. The van der Waals surface area contributed by atoms with E-state index in [0.29, 0.717) is 10.3 Å². The summed E-state index contributed by atoms with van der Waals surface area (Å²) in [6, 6.07) is 5.82. The molecule has 0 aromatic heterocycles. The summed E-state index contributed by atoms with van der Waals surface area (Å²) in [6.07, 6.45) is 0. The summed E-state index contributed by atoms with van der Waals surface area (Å²) >= 11 is 8.09. The van der Waals surface area contributed by atoms with E-state index in [1.807, 2.05) is 30.0 Å². The number of hydrogen-bond acceptors (Lipinski definition) is 3. The van der Waals surface area contributed by atoms with Crippen LogP contribution in [0.15, 0.2) is 18.2 Å². The molecular formula is C12H16ClNOS. The van der Waals surface area contributed by atoms with Crippen LogP contribution in [0.25, 0.3) is 0 Å². The second kappa shape index (κ2) is 5.30. The van der Waals surface area contributed by atoms with Crippen LogP contribution in [0, 0.1) is 0 Å². The van der Waals surface area contributed by atoms with Gasteiger partial charge in [0.2, 0.25) is 0 Å². The predicted octanol–water partition coefficient (Wildman–Crippen LogP) is 2.77. The number of nitrogens with zero attached hydrogens (tertiary/aromatic N) is 1. The molecule has 88 valence electrons. The van der Waals surface area contributed by atoms with E-state index in [2.05, 4.69) is 11.8 Å². The molecule has 1 heterocycles. The van der Waals surface area contributed by atoms with Crippen LogP contribution in [0.1, 0.15) is 12.5 Å². The van der Waals surface area contributed by atoms with E-state index in [0.717, 1.165) is 30.1 Å². The minimum absolute atomic E-state index is 0.00697. The lowest BCUT2D eigenvalue weighted by molar-refractivity contribution is 0.282. The van der Waals surface area contributed by atoms with Gasteiger partial charge in [0.25, 0.3) is 0 Å². The van der Waals surface area contributed by atoms with Crippen LogP contribution in [-0.4, -0.2) is 29.2 Å². The van der Waals surface area contributed by atoms with Crippen LogP contribution in [0.4, 0.5) is 5.69 Å². The highest BCUT2D eigenvalue weighted by Crippen LogP contribution is 2.30. The van der Waals surface area contributed by atoms with E-state index in [4.69, 9.17) is 11.6 Å². The first-order valence-corrected chi connectivity index (χ1v) is 6.90. The average molecular weight is 258 g/mol. The van der Waals surface area contributed by atoms with Gasteiger partial charge in [0.15, 0.2) is 0 Å². The molecule has 0 saturated carbocycles. The molecule has 2 rings (SSSR count). The van der Waals surface area contributed by atoms with Crippen LogP contribution < -0.4 is 4.90 Å². The molecule has 1 aromatic rings. The summed E-state index contributed by atoms with van der Waals surface area (Å²) < 4.78 is 0. The third-order valence-electron chi connectivity index (χ3n) is 2.83. The number of aliphatic hydroxyl groups excluding tert-OH is 1. The van der Waals surface area contributed by atoms with Crippen molar-refractivity contribution >= 4 is 29.1 Å². The molecule has 4 heteroatoms. The molecule has 1 aliphatic heterocycles. The predicted molar refractivity (Wildman–Crippen MR) is 71.5 cm³/mol. The fraction of sp³-hybridized carbons (Fsp3) is 0.500. The zero-order valence-corrected chi connectivity index (χ0v) is 10.9. The molecule has 1 aromatic carbocycles. The maximum Gasteiger partial charge on any atom is 0.0716 e. The third kappa shape index (κ3) is 2.47. The smallest absolute Gasteiger partial charge is 0.0716 e. The molecule has 0 radical (unpaired) electrons. The summed E-state index contributed by atoms with van der Waals surface area (Å²) in [5, 5.41) is 10.7. The summed E-state index contributed by atoms with van der Waals surface area (Å²) in [6.45, 7) is 4.30. The molecule has 1 unspecified atom stereocenters. The Morgan fingerprint density at radius 2 is 2.38 bits per heavy atom. The summed E-state index contributed by atoms with van der Waals surface area (Å²) in [7, 11) is 0. The van der Waals surface area contributed by atoms with Crippen molar-refractivity contribution in [3.63, 3.8) is 0 Å². The Balaban J connectivity index is 2.28. The Kier molecular flexibility index (Phi) is 4.00. The number of thioether (sulfide) groups is 1. The van der Waals surface area contributed by atoms with Crippen LogP contribution >= 0.6 is 23.4 Å². The van der Waals surface area contributed by atoms with Crippen molar-refractivity contribution in [2.75, 3.05) is 23.7 Å². The van der Waals surface area contributed by atoms with Crippen LogP contribution in [0.3, 0.4) is 0 Å². The van der Waals surface area contributed by atoms with Crippen molar-refractivity contribution in [3.05, 3.63) is 28.8 Å². The Morgan fingerprint density at radius 3 is 3.06 bits per heavy atom. The second-order valence-electron chi connectivity index (χ2n) is 4.02. The molecule has 1 atom stereocenters. The summed E-state index contributed by atoms with van der Waals surface area (Å²) in [5.41, 5.74) is 1.94. The minimum atomic E-state index is 0.00697.